The molecule has 0 bridgehead atoms. The van der Waals surface area contributed by atoms with Gasteiger partial charge in [0.05, 0.1) is 12.5 Å². The fourth-order valence-electron chi connectivity index (χ4n) is 0.943. The molecule has 0 amide bonds. The minimum Gasteiger partial charge on any atom is -0.465 e. The smallest absolute Gasteiger partial charge is 0.308 e. The van der Waals surface area contributed by atoms with E-state index in [4.69, 9.17) is 4.74 Å². The molecule has 2 heteroatoms. The average Bonchev–Trinajstić information content (AvgIpc) is 2.19. The van der Waals surface area contributed by atoms with Crippen molar-refractivity contribution in [3.63, 3.8) is 0 Å². The number of carbonyl (C=O) groups is 1. The first-order valence-electron chi connectivity index (χ1n) is 5.42. The maximum Gasteiger partial charge on any atom is 0.308 e. The molecule has 0 aliphatic carbocycles. The predicted molar refractivity (Wildman–Crippen MR) is 56.7 cm³/mol. The molecule has 13 heavy (non-hydrogen) atoms. The quantitative estimate of drug-likeness (QED) is 0.618. The van der Waals surface area contributed by atoms with Crippen LogP contribution in [0.5, 0.6) is 0 Å². The third-order valence-corrected chi connectivity index (χ3v) is 1.77. The highest BCUT2D eigenvalue weighted by molar-refractivity contribution is 5.72. The molecule has 0 aromatic carbocycles. The topological polar surface area (TPSA) is 26.3 Å². The second kappa shape index (κ2) is 11.5. The number of hydrogen-bond donors (Lipinski definition) is 0. The van der Waals surface area contributed by atoms with Crippen molar-refractivity contribution >= 4 is 5.97 Å². The Morgan fingerprint density at radius 2 is 1.62 bits per heavy atom. The van der Waals surface area contributed by atoms with Crippen LogP contribution in [0.1, 0.15) is 53.9 Å². The van der Waals surface area contributed by atoms with Gasteiger partial charge in [0.2, 0.25) is 0 Å². The zero-order valence-corrected chi connectivity index (χ0v) is 9.72. The van der Waals surface area contributed by atoms with Gasteiger partial charge in [-0.2, -0.15) is 0 Å². The molecule has 0 aromatic heterocycles. The van der Waals surface area contributed by atoms with E-state index >= 15 is 0 Å². The van der Waals surface area contributed by atoms with Gasteiger partial charge in [-0.1, -0.05) is 34.6 Å². The van der Waals surface area contributed by atoms with Crippen molar-refractivity contribution in [2.45, 2.75) is 53.9 Å². The van der Waals surface area contributed by atoms with Gasteiger partial charge >= 0.3 is 5.97 Å². The van der Waals surface area contributed by atoms with E-state index in [2.05, 4.69) is 0 Å². The number of rotatable bonds is 5. The Morgan fingerprint density at radius 3 is 1.92 bits per heavy atom. The van der Waals surface area contributed by atoms with E-state index in [1.165, 1.54) is 0 Å². The van der Waals surface area contributed by atoms with Gasteiger partial charge in [0.25, 0.3) is 0 Å². The van der Waals surface area contributed by atoms with Crippen molar-refractivity contribution in [1.29, 1.82) is 0 Å². The van der Waals surface area contributed by atoms with Gasteiger partial charge in [0.15, 0.2) is 0 Å². The lowest BCUT2D eigenvalue weighted by Gasteiger charge is -2.10. The minimum absolute atomic E-state index is 0.0307. The largest absolute Gasteiger partial charge is 0.465 e. The summed E-state index contributed by atoms with van der Waals surface area (Å²) >= 11 is 0. The van der Waals surface area contributed by atoms with Gasteiger partial charge < -0.3 is 4.74 Å². The maximum atomic E-state index is 11.1. The summed E-state index contributed by atoms with van der Waals surface area (Å²) in [5, 5.41) is 0. The molecule has 0 radical (unpaired) electrons. The molecule has 0 heterocycles. The molecule has 80 valence electrons. The monoisotopic (exact) mass is 188 g/mol. The molecule has 0 N–H and O–H groups in total. The molecule has 0 saturated heterocycles. The van der Waals surface area contributed by atoms with Crippen molar-refractivity contribution in [1.82, 2.24) is 0 Å². The first kappa shape index (κ1) is 15.0. The van der Waals surface area contributed by atoms with Crippen molar-refractivity contribution in [2.75, 3.05) is 6.61 Å². The second-order valence-electron chi connectivity index (χ2n) is 2.68. The molecular formula is C11H24O2. The summed E-state index contributed by atoms with van der Waals surface area (Å²) in [6, 6.07) is 0. The lowest BCUT2D eigenvalue weighted by atomic mass is 10.0. The van der Waals surface area contributed by atoms with Crippen molar-refractivity contribution < 1.29 is 9.53 Å². The summed E-state index contributed by atoms with van der Waals surface area (Å²) in [5.74, 6) is 0.0819. The molecule has 0 atom stereocenters. The minimum atomic E-state index is -0.0307. The molecule has 0 saturated carbocycles. The Labute approximate surface area is 82.7 Å². The summed E-state index contributed by atoms with van der Waals surface area (Å²) < 4.78 is 5.00. The molecule has 0 unspecified atom stereocenters. The summed E-state index contributed by atoms with van der Waals surface area (Å²) in [6.07, 6.45) is 2.68. The van der Waals surface area contributed by atoms with Gasteiger partial charge in [-0.3, -0.25) is 4.79 Å². The summed E-state index contributed by atoms with van der Waals surface area (Å²) in [7, 11) is 0. The number of carbonyl (C=O) groups excluding carboxylic acids is 1. The predicted octanol–water partition coefficient (Wildman–Crippen LogP) is 3.40. The molecule has 0 rings (SSSR count). The Hall–Kier alpha value is -0.530. The lowest BCUT2D eigenvalue weighted by Crippen LogP contribution is -2.16. The van der Waals surface area contributed by atoms with Crippen LogP contribution in [0.15, 0.2) is 0 Å². The zero-order valence-electron chi connectivity index (χ0n) is 9.72. The van der Waals surface area contributed by atoms with E-state index in [1.807, 2.05) is 34.6 Å². The molecular weight excluding hydrogens is 164 g/mol. The fourth-order valence-corrected chi connectivity index (χ4v) is 0.943. The second-order valence-corrected chi connectivity index (χ2v) is 2.68. The van der Waals surface area contributed by atoms with Crippen LogP contribution in [0, 0.1) is 5.92 Å². The van der Waals surface area contributed by atoms with Gasteiger partial charge in [0.1, 0.15) is 0 Å². The highest BCUT2D eigenvalue weighted by Crippen LogP contribution is 2.09. The van der Waals surface area contributed by atoms with E-state index in [1.54, 1.807) is 0 Å². The Kier molecular flexibility index (Phi) is 13.2. The van der Waals surface area contributed by atoms with Crippen LogP contribution < -0.4 is 0 Å². The number of esters is 1. The van der Waals surface area contributed by atoms with Gasteiger partial charge in [0, 0.05) is 0 Å². The van der Waals surface area contributed by atoms with Crippen LogP contribution in [0.2, 0.25) is 0 Å². The van der Waals surface area contributed by atoms with Crippen LogP contribution in [0.25, 0.3) is 0 Å². The van der Waals surface area contributed by atoms with E-state index in [0.717, 1.165) is 19.3 Å². The first-order valence-corrected chi connectivity index (χ1v) is 5.42. The van der Waals surface area contributed by atoms with Gasteiger partial charge in [-0.15, -0.1) is 0 Å². The standard InChI is InChI=1S/C9H18O2.C2H6/c1-4-7-11-9(10)8(5-2)6-3;1-2/h8H,4-7H2,1-3H3;1-2H3. The summed E-state index contributed by atoms with van der Waals surface area (Å²) in [6.45, 7) is 10.6. The molecule has 0 aliphatic rings. The van der Waals surface area contributed by atoms with E-state index in [9.17, 15) is 4.79 Å². The van der Waals surface area contributed by atoms with Crippen LogP contribution in [0.3, 0.4) is 0 Å². The maximum absolute atomic E-state index is 11.1. The SMILES string of the molecule is CC.CCCOC(=O)C(CC)CC. The van der Waals surface area contributed by atoms with E-state index in [-0.39, 0.29) is 11.9 Å². The van der Waals surface area contributed by atoms with Crippen molar-refractivity contribution in [3.8, 4) is 0 Å². The van der Waals surface area contributed by atoms with Gasteiger partial charge in [-0.25, -0.2) is 0 Å². The van der Waals surface area contributed by atoms with E-state index < -0.39 is 0 Å². The summed E-state index contributed by atoms with van der Waals surface area (Å²) in [5.41, 5.74) is 0. The highest BCUT2D eigenvalue weighted by atomic mass is 16.5. The fraction of sp³-hybridized carbons (Fsp3) is 0.909. The third kappa shape index (κ3) is 7.82. The Morgan fingerprint density at radius 1 is 1.15 bits per heavy atom. The van der Waals surface area contributed by atoms with Crippen molar-refractivity contribution in [3.05, 3.63) is 0 Å². The molecule has 0 aromatic rings. The first-order chi connectivity index (χ1) is 6.26. The number of hydrogen-bond acceptors (Lipinski definition) is 2. The average molecular weight is 188 g/mol. The van der Waals surface area contributed by atoms with Gasteiger partial charge in [-0.05, 0) is 19.3 Å². The van der Waals surface area contributed by atoms with Crippen LogP contribution in [0.4, 0.5) is 0 Å². The van der Waals surface area contributed by atoms with Crippen molar-refractivity contribution in [2.24, 2.45) is 5.92 Å². The molecule has 0 spiro atoms. The van der Waals surface area contributed by atoms with E-state index in [0.29, 0.717) is 6.61 Å². The highest BCUT2D eigenvalue weighted by Gasteiger charge is 2.14. The third-order valence-electron chi connectivity index (χ3n) is 1.77. The van der Waals surface area contributed by atoms with Crippen LogP contribution >= 0.6 is 0 Å². The lowest BCUT2D eigenvalue weighted by molar-refractivity contribution is -0.148. The number of ether oxygens (including phenoxy) is 1. The molecule has 0 aliphatic heterocycles. The normalized spacial score (nSPS) is 9.08. The van der Waals surface area contributed by atoms with Crippen LogP contribution in [-0.4, -0.2) is 12.6 Å². The summed E-state index contributed by atoms with van der Waals surface area (Å²) in [4.78, 5) is 11.1. The zero-order chi connectivity index (χ0) is 10.7. The van der Waals surface area contributed by atoms with Crippen LogP contribution in [-0.2, 0) is 9.53 Å². The molecule has 0 fully saturated rings. The molecule has 2 nitrogen and oxygen atoms in total. The Balaban J connectivity index is 0. The Bertz CT molecular complexity index is 107.